The molecule has 1 heterocycles. The van der Waals surface area contributed by atoms with Crippen LogP contribution in [-0.4, -0.2) is 33.1 Å². The van der Waals surface area contributed by atoms with Gasteiger partial charge in [0.2, 0.25) is 0 Å². The van der Waals surface area contributed by atoms with Crippen molar-refractivity contribution >= 4 is 17.7 Å². The predicted octanol–water partition coefficient (Wildman–Crippen LogP) is 1.73. The molecule has 1 aromatic rings. The van der Waals surface area contributed by atoms with Gasteiger partial charge in [-0.2, -0.15) is 0 Å². The molecule has 1 atom stereocenters. The van der Waals surface area contributed by atoms with Gasteiger partial charge in [0, 0.05) is 6.04 Å². The van der Waals surface area contributed by atoms with Crippen LogP contribution >= 0.6 is 11.8 Å². The molecule has 1 fully saturated rings. The number of methoxy groups -OCH3 is 1. The highest BCUT2D eigenvalue weighted by Gasteiger charge is 2.31. The monoisotopic (exact) mass is 285 g/mol. The summed E-state index contributed by atoms with van der Waals surface area (Å²) in [5.41, 5.74) is -0.191. The largest absolute Gasteiger partial charge is 0.468 e. The van der Waals surface area contributed by atoms with Gasteiger partial charge in [0.1, 0.15) is 5.25 Å². The number of hydrogen-bond donors (Lipinski definition) is 1. The Labute approximate surface area is 115 Å². The number of H-pyrrole nitrogens is 1. The van der Waals surface area contributed by atoms with Gasteiger partial charge in [-0.05, 0) is 19.3 Å². The zero-order valence-corrected chi connectivity index (χ0v) is 12.0. The maximum atomic E-state index is 11.8. The number of aromatic amines is 1. The van der Waals surface area contributed by atoms with Crippen LogP contribution in [0.2, 0.25) is 0 Å². The molecule has 0 spiro atoms. The number of nitrogens with zero attached hydrogens (tertiary/aromatic N) is 2. The number of carbonyl (C=O) groups excluding carboxylic acids is 1. The fourth-order valence-corrected chi connectivity index (χ4v) is 3.08. The van der Waals surface area contributed by atoms with Crippen LogP contribution in [0.4, 0.5) is 0 Å². The van der Waals surface area contributed by atoms with Crippen LogP contribution in [0.3, 0.4) is 0 Å². The van der Waals surface area contributed by atoms with E-state index < -0.39 is 0 Å². The second-order valence-corrected chi connectivity index (χ2v) is 5.85. The third kappa shape index (κ3) is 3.40. The molecule has 1 saturated carbocycles. The van der Waals surface area contributed by atoms with Gasteiger partial charge >= 0.3 is 11.7 Å². The van der Waals surface area contributed by atoms with Crippen molar-refractivity contribution in [2.75, 3.05) is 7.11 Å². The van der Waals surface area contributed by atoms with Gasteiger partial charge in [0.05, 0.1) is 7.11 Å². The van der Waals surface area contributed by atoms with Crippen molar-refractivity contribution in [2.24, 2.45) is 0 Å². The molecule has 1 N–H and O–H groups in total. The summed E-state index contributed by atoms with van der Waals surface area (Å²) in [6.45, 7) is 2.08. The van der Waals surface area contributed by atoms with Gasteiger partial charge in [0.15, 0.2) is 5.16 Å². The Hall–Kier alpha value is -1.24. The molecule has 1 aliphatic rings. The summed E-state index contributed by atoms with van der Waals surface area (Å²) in [7, 11) is 1.39. The van der Waals surface area contributed by atoms with Crippen LogP contribution < -0.4 is 5.69 Å². The lowest BCUT2D eigenvalue weighted by molar-refractivity contribution is -0.140. The fraction of sp³-hybridized carbons (Fsp3) is 0.750. The highest BCUT2D eigenvalue weighted by molar-refractivity contribution is 8.00. The summed E-state index contributed by atoms with van der Waals surface area (Å²) in [4.78, 5) is 23.4. The number of aromatic nitrogens is 3. The van der Waals surface area contributed by atoms with Gasteiger partial charge in [0.25, 0.3) is 0 Å². The Balaban J connectivity index is 2.11. The fourth-order valence-electron chi connectivity index (χ4n) is 1.90. The SMILES string of the molecule is CCCCC(Sc1n[nH]c(=O)n1C1CC1)C(=O)OC. The van der Waals surface area contributed by atoms with Crippen molar-refractivity contribution in [2.45, 2.75) is 55.5 Å². The van der Waals surface area contributed by atoms with Crippen molar-refractivity contribution in [3.05, 3.63) is 10.5 Å². The van der Waals surface area contributed by atoms with Crippen molar-refractivity contribution in [1.29, 1.82) is 0 Å². The van der Waals surface area contributed by atoms with Gasteiger partial charge in [-0.25, -0.2) is 9.89 Å². The first kappa shape index (κ1) is 14.2. The molecule has 6 nitrogen and oxygen atoms in total. The van der Waals surface area contributed by atoms with Crippen LogP contribution in [0.15, 0.2) is 9.95 Å². The first-order valence-corrected chi connectivity index (χ1v) is 7.46. The van der Waals surface area contributed by atoms with Crippen LogP contribution in [0.1, 0.15) is 45.1 Å². The van der Waals surface area contributed by atoms with Crippen molar-refractivity contribution in [1.82, 2.24) is 14.8 Å². The molecule has 0 radical (unpaired) electrons. The summed E-state index contributed by atoms with van der Waals surface area (Å²) < 4.78 is 6.48. The average Bonchev–Trinajstić information content (AvgIpc) is 3.18. The molecule has 7 heteroatoms. The molecule has 1 aromatic heterocycles. The van der Waals surface area contributed by atoms with E-state index in [-0.39, 0.29) is 23.0 Å². The second-order valence-electron chi connectivity index (χ2n) is 4.68. The van der Waals surface area contributed by atoms with Gasteiger partial charge in [-0.3, -0.25) is 9.36 Å². The van der Waals surface area contributed by atoms with E-state index in [2.05, 4.69) is 17.1 Å². The molecule has 0 saturated heterocycles. The third-order valence-corrected chi connectivity index (χ3v) is 4.33. The Bertz CT molecular complexity index is 493. The molecule has 0 aliphatic heterocycles. The van der Waals surface area contributed by atoms with Crippen molar-refractivity contribution < 1.29 is 9.53 Å². The Morgan fingerprint density at radius 3 is 2.95 bits per heavy atom. The van der Waals surface area contributed by atoms with Crippen LogP contribution in [-0.2, 0) is 9.53 Å². The van der Waals surface area contributed by atoms with Crippen LogP contribution in [0.5, 0.6) is 0 Å². The minimum absolute atomic E-state index is 0.191. The van der Waals surface area contributed by atoms with E-state index in [9.17, 15) is 9.59 Å². The molecule has 1 unspecified atom stereocenters. The highest BCUT2D eigenvalue weighted by atomic mass is 32.2. The number of ether oxygens (including phenoxy) is 1. The molecule has 1 aliphatic carbocycles. The topological polar surface area (TPSA) is 77.0 Å². The first-order chi connectivity index (χ1) is 9.17. The molecular weight excluding hydrogens is 266 g/mol. The third-order valence-electron chi connectivity index (χ3n) is 3.12. The van der Waals surface area contributed by atoms with Gasteiger partial charge in [-0.15, -0.1) is 5.10 Å². The van der Waals surface area contributed by atoms with Gasteiger partial charge in [-0.1, -0.05) is 31.5 Å². The zero-order valence-electron chi connectivity index (χ0n) is 11.2. The Morgan fingerprint density at radius 2 is 2.37 bits per heavy atom. The molecular formula is C12H19N3O3S. The summed E-state index contributed by atoms with van der Waals surface area (Å²) >= 11 is 1.32. The maximum Gasteiger partial charge on any atom is 0.344 e. The lowest BCUT2D eigenvalue weighted by Gasteiger charge is -2.13. The van der Waals surface area contributed by atoms with E-state index in [0.717, 1.165) is 32.1 Å². The molecule has 19 heavy (non-hydrogen) atoms. The zero-order chi connectivity index (χ0) is 13.8. The number of carbonyl (C=O) groups is 1. The first-order valence-electron chi connectivity index (χ1n) is 6.58. The van der Waals surface area contributed by atoms with Gasteiger partial charge < -0.3 is 4.74 Å². The Morgan fingerprint density at radius 1 is 1.63 bits per heavy atom. The predicted molar refractivity (Wildman–Crippen MR) is 72.3 cm³/mol. The Kier molecular flexibility index (Phi) is 4.68. The van der Waals surface area contributed by atoms with Crippen LogP contribution in [0.25, 0.3) is 0 Å². The second kappa shape index (κ2) is 6.27. The molecule has 0 bridgehead atoms. The van der Waals surface area contributed by atoms with E-state index >= 15 is 0 Å². The molecule has 0 amide bonds. The quantitative estimate of drug-likeness (QED) is 0.610. The average molecular weight is 285 g/mol. The molecule has 0 aromatic carbocycles. The standard InChI is InChI=1S/C12H19N3O3S/c1-3-4-5-9(10(16)18-2)19-12-14-13-11(17)15(12)8-6-7-8/h8-9H,3-7H2,1-2H3,(H,13,17). The number of unbranched alkanes of at least 4 members (excludes halogenated alkanes) is 1. The van der Waals surface area contributed by atoms with E-state index in [4.69, 9.17) is 4.74 Å². The minimum Gasteiger partial charge on any atom is -0.468 e. The van der Waals surface area contributed by atoms with E-state index in [1.165, 1.54) is 18.9 Å². The summed E-state index contributed by atoms with van der Waals surface area (Å²) in [5, 5.41) is 6.79. The lowest BCUT2D eigenvalue weighted by atomic mass is 10.2. The van der Waals surface area contributed by atoms with E-state index in [0.29, 0.717) is 5.16 Å². The number of thioether (sulfide) groups is 1. The number of hydrogen-bond acceptors (Lipinski definition) is 5. The number of nitrogens with one attached hydrogen (secondary N) is 1. The highest BCUT2D eigenvalue weighted by Crippen LogP contribution is 2.37. The van der Waals surface area contributed by atoms with E-state index in [1.54, 1.807) is 4.57 Å². The smallest absolute Gasteiger partial charge is 0.344 e. The van der Waals surface area contributed by atoms with Crippen molar-refractivity contribution in [3.63, 3.8) is 0 Å². The molecule has 106 valence electrons. The number of rotatable bonds is 7. The summed E-state index contributed by atoms with van der Waals surface area (Å²) in [6.07, 6.45) is 4.71. The normalized spacial score (nSPS) is 16.3. The lowest BCUT2D eigenvalue weighted by Crippen LogP contribution is -2.21. The van der Waals surface area contributed by atoms with E-state index in [1.807, 2.05) is 0 Å². The summed E-state index contributed by atoms with van der Waals surface area (Å²) in [6, 6.07) is 0.248. The number of esters is 1. The summed E-state index contributed by atoms with van der Waals surface area (Å²) in [5.74, 6) is -0.253. The molecule has 2 rings (SSSR count). The maximum absolute atomic E-state index is 11.8. The van der Waals surface area contributed by atoms with Crippen LogP contribution in [0, 0.1) is 0 Å². The minimum atomic E-state index is -0.294. The van der Waals surface area contributed by atoms with Crippen molar-refractivity contribution in [3.8, 4) is 0 Å².